The first-order valence-corrected chi connectivity index (χ1v) is 7.00. The first-order valence-electron chi connectivity index (χ1n) is 5.52. The number of carbonyl (C=O) groups is 1. The third kappa shape index (κ3) is 4.11. The Morgan fingerprint density at radius 3 is 2.52 bits per heavy atom. The molecule has 0 saturated carbocycles. The maximum absolute atomic E-state index is 11.9. The SMILES string of the molecule is O=C(O)[C@@H](CCO)NS(=O)(=O)c1ccc(O)c([N+](=O)[O-])c1. The number of phenols is 1. The minimum absolute atomic E-state index is 0.366. The fraction of sp³-hybridized carbons (Fsp3) is 0.300. The maximum Gasteiger partial charge on any atom is 0.321 e. The van der Waals surface area contributed by atoms with Gasteiger partial charge in [0.05, 0.1) is 9.82 Å². The van der Waals surface area contributed by atoms with E-state index in [0.717, 1.165) is 12.1 Å². The number of nitro groups is 1. The summed E-state index contributed by atoms with van der Waals surface area (Å²) in [5, 5.41) is 37.4. The lowest BCUT2D eigenvalue weighted by atomic mass is 10.2. The monoisotopic (exact) mass is 320 g/mol. The van der Waals surface area contributed by atoms with Crippen LogP contribution in [0.1, 0.15) is 6.42 Å². The minimum atomic E-state index is -4.36. The lowest BCUT2D eigenvalue weighted by Gasteiger charge is -2.13. The molecule has 1 aromatic carbocycles. The number of phenolic OH excluding ortho intramolecular Hbond substituents is 1. The lowest BCUT2D eigenvalue weighted by Crippen LogP contribution is -2.41. The molecule has 10 nitrogen and oxygen atoms in total. The van der Waals surface area contributed by atoms with Crippen molar-refractivity contribution in [2.24, 2.45) is 0 Å². The average molecular weight is 320 g/mol. The molecule has 0 aliphatic carbocycles. The zero-order chi connectivity index (χ0) is 16.2. The largest absolute Gasteiger partial charge is 0.502 e. The van der Waals surface area contributed by atoms with Crippen LogP contribution in [-0.2, 0) is 14.8 Å². The van der Waals surface area contributed by atoms with Crippen molar-refractivity contribution >= 4 is 21.7 Å². The van der Waals surface area contributed by atoms with E-state index < -0.39 is 49.9 Å². The maximum atomic E-state index is 11.9. The molecule has 0 unspecified atom stereocenters. The molecule has 0 heterocycles. The normalized spacial score (nSPS) is 12.8. The molecule has 0 aliphatic rings. The quantitative estimate of drug-likeness (QED) is 0.382. The number of carboxylic acid groups (broad SMARTS) is 1. The van der Waals surface area contributed by atoms with Crippen molar-refractivity contribution in [2.45, 2.75) is 17.4 Å². The van der Waals surface area contributed by atoms with Crippen LogP contribution in [0.5, 0.6) is 5.75 Å². The van der Waals surface area contributed by atoms with Gasteiger partial charge in [0.1, 0.15) is 6.04 Å². The van der Waals surface area contributed by atoms with Gasteiger partial charge >= 0.3 is 11.7 Å². The molecule has 0 aliphatic heterocycles. The number of nitrogens with one attached hydrogen (secondary N) is 1. The average Bonchev–Trinajstić information content (AvgIpc) is 2.37. The van der Waals surface area contributed by atoms with Gasteiger partial charge in [-0.2, -0.15) is 4.72 Å². The lowest BCUT2D eigenvalue weighted by molar-refractivity contribution is -0.386. The zero-order valence-corrected chi connectivity index (χ0v) is 11.3. The van der Waals surface area contributed by atoms with Crippen molar-refractivity contribution < 1.29 is 33.5 Å². The first-order chi connectivity index (χ1) is 9.69. The zero-order valence-electron chi connectivity index (χ0n) is 10.5. The van der Waals surface area contributed by atoms with Gasteiger partial charge in [-0.3, -0.25) is 14.9 Å². The van der Waals surface area contributed by atoms with E-state index in [2.05, 4.69) is 0 Å². The number of sulfonamides is 1. The van der Waals surface area contributed by atoms with Gasteiger partial charge < -0.3 is 15.3 Å². The van der Waals surface area contributed by atoms with Crippen LogP contribution in [0, 0.1) is 10.1 Å². The van der Waals surface area contributed by atoms with Crippen LogP contribution >= 0.6 is 0 Å². The Bertz CT molecular complexity index is 657. The molecule has 4 N–H and O–H groups in total. The van der Waals surface area contributed by atoms with Crippen LogP contribution in [0.2, 0.25) is 0 Å². The highest BCUT2D eigenvalue weighted by atomic mass is 32.2. The number of benzene rings is 1. The van der Waals surface area contributed by atoms with Crippen LogP contribution in [0.3, 0.4) is 0 Å². The highest BCUT2D eigenvalue weighted by Crippen LogP contribution is 2.28. The summed E-state index contributed by atoms with van der Waals surface area (Å²) in [7, 11) is -4.36. The molecule has 0 amide bonds. The summed E-state index contributed by atoms with van der Waals surface area (Å²) in [5.41, 5.74) is -0.827. The molecule has 1 atom stereocenters. The van der Waals surface area contributed by atoms with Crippen LogP contribution < -0.4 is 4.72 Å². The van der Waals surface area contributed by atoms with Crippen LogP contribution in [-0.4, -0.2) is 47.3 Å². The van der Waals surface area contributed by atoms with Crippen LogP contribution in [0.4, 0.5) is 5.69 Å². The number of aliphatic hydroxyl groups is 1. The van der Waals surface area contributed by atoms with Crippen molar-refractivity contribution in [1.82, 2.24) is 4.72 Å². The van der Waals surface area contributed by atoms with Gasteiger partial charge in [-0.1, -0.05) is 0 Å². The molecule has 0 radical (unpaired) electrons. The molecule has 0 saturated heterocycles. The number of aliphatic hydroxyl groups excluding tert-OH is 1. The van der Waals surface area contributed by atoms with E-state index in [1.807, 2.05) is 0 Å². The van der Waals surface area contributed by atoms with Gasteiger partial charge in [-0.05, 0) is 18.6 Å². The molecule has 116 valence electrons. The Labute approximate surface area is 118 Å². The summed E-state index contributed by atoms with van der Waals surface area (Å²) < 4.78 is 25.7. The number of hydrogen-bond acceptors (Lipinski definition) is 7. The van der Waals surface area contributed by atoms with Crippen molar-refractivity contribution in [3.63, 3.8) is 0 Å². The number of nitro benzene ring substituents is 1. The van der Waals surface area contributed by atoms with E-state index in [1.165, 1.54) is 0 Å². The Kier molecular flexibility index (Phi) is 5.18. The van der Waals surface area contributed by atoms with Gasteiger partial charge in [0, 0.05) is 12.7 Å². The highest BCUT2D eigenvalue weighted by Gasteiger charge is 2.27. The standard InChI is InChI=1S/C10H12N2O8S/c13-4-3-7(10(15)16)11-21(19,20)6-1-2-9(14)8(5-6)12(17)18/h1-2,5,7,11,13-14H,3-4H2,(H,15,16)/t7-/m1/s1. The number of carboxylic acids is 1. The van der Waals surface area contributed by atoms with Crippen molar-refractivity contribution in [3.8, 4) is 5.75 Å². The second kappa shape index (κ2) is 6.47. The van der Waals surface area contributed by atoms with Crippen molar-refractivity contribution in [1.29, 1.82) is 0 Å². The highest BCUT2D eigenvalue weighted by molar-refractivity contribution is 7.89. The van der Waals surface area contributed by atoms with E-state index >= 15 is 0 Å². The molecular weight excluding hydrogens is 308 g/mol. The minimum Gasteiger partial charge on any atom is -0.502 e. The summed E-state index contributed by atoms with van der Waals surface area (Å²) >= 11 is 0. The van der Waals surface area contributed by atoms with Crippen molar-refractivity contribution in [3.05, 3.63) is 28.3 Å². The third-order valence-corrected chi connectivity index (χ3v) is 3.94. The van der Waals surface area contributed by atoms with Gasteiger partial charge in [0.2, 0.25) is 10.0 Å². The number of hydrogen-bond donors (Lipinski definition) is 4. The number of rotatable bonds is 7. The van der Waals surface area contributed by atoms with E-state index in [1.54, 1.807) is 4.72 Å². The number of nitrogens with zero attached hydrogens (tertiary/aromatic N) is 1. The summed E-state index contributed by atoms with van der Waals surface area (Å²) in [4.78, 5) is 19.9. The Hall–Kier alpha value is -2.24. The third-order valence-electron chi connectivity index (χ3n) is 2.47. The van der Waals surface area contributed by atoms with Crippen molar-refractivity contribution in [2.75, 3.05) is 6.61 Å². The summed E-state index contributed by atoms with van der Waals surface area (Å²) in [6.07, 6.45) is -0.366. The van der Waals surface area contributed by atoms with Gasteiger partial charge in [0.15, 0.2) is 5.75 Å². The molecule has 1 aromatic rings. The second-order valence-electron chi connectivity index (χ2n) is 3.93. The molecule has 11 heteroatoms. The summed E-state index contributed by atoms with van der Waals surface area (Å²) in [6.45, 7) is -0.560. The Morgan fingerprint density at radius 1 is 1.43 bits per heavy atom. The van der Waals surface area contributed by atoms with E-state index in [4.69, 9.17) is 10.2 Å². The predicted octanol–water partition coefficient (Wildman–Crippen LogP) is -0.586. The second-order valence-corrected chi connectivity index (χ2v) is 5.65. The Balaban J connectivity index is 3.16. The van der Waals surface area contributed by atoms with Crippen LogP contribution in [0.15, 0.2) is 23.1 Å². The van der Waals surface area contributed by atoms with Gasteiger partial charge in [0.25, 0.3) is 0 Å². The van der Waals surface area contributed by atoms with E-state index in [0.29, 0.717) is 6.07 Å². The number of aliphatic carboxylic acids is 1. The van der Waals surface area contributed by atoms with Gasteiger partial charge in [-0.25, -0.2) is 8.42 Å². The van der Waals surface area contributed by atoms with E-state index in [9.17, 15) is 28.4 Å². The molecule has 0 fully saturated rings. The van der Waals surface area contributed by atoms with Crippen LogP contribution in [0.25, 0.3) is 0 Å². The molecular formula is C10H12N2O8S. The summed E-state index contributed by atoms with van der Waals surface area (Å²) in [5.74, 6) is -2.22. The molecule has 1 rings (SSSR count). The smallest absolute Gasteiger partial charge is 0.321 e. The molecule has 0 aromatic heterocycles. The van der Waals surface area contributed by atoms with E-state index in [-0.39, 0.29) is 6.42 Å². The predicted molar refractivity (Wildman–Crippen MR) is 68.2 cm³/mol. The summed E-state index contributed by atoms with van der Waals surface area (Å²) in [6, 6.07) is 0.736. The molecule has 0 bridgehead atoms. The van der Waals surface area contributed by atoms with Gasteiger partial charge in [-0.15, -0.1) is 0 Å². The topological polar surface area (TPSA) is 167 Å². The fourth-order valence-corrected chi connectivity index (χ4v) is 2.68. The first kappa shape index (κ1) is 16.8. The number of aromatic hydroxyl groups is 1. The molecule has 0 spiro atoms. The fourth-order valence-electron chi connectivity index (χ4n) is 1.43. The molecule has 21 heavy (non-hydrogen) atoms. The Morgan fingerprint density at radius 2 is 2.05 bits per heavy atom.